The zero-order chi connectivity index (χ0) is 12.9. The summed E-state index contributed by atoms with van der Waals surface area (Å²) in [6, 6.07) is 0.557. The Kier molecular flexibility index (Phi) is 12.2. The molecule has 2 unspecified atom stereocenters. The third-order valence-corrected chi connectivity index (χ3v) is 3.12. The molecule has 0 saturated carbocycles. The van der Waals surface area contributed by atoms with Crippen LogP contribution in [0, 0.1) is 5.92 Å². The first-order chi connectivity index (χ1) is 8.26. The summed E-state index contributed by atoms with van der Waals surface area (Å²) >= 11 is 0. The molecule has 0 aliphatic rings. The lowest BCUT2D eigenvalue weighted by molar-refractivity contribution is 0.0209. The number of nitrogens with one attached hydrogen (secondary N) is 1. The topological polar surface area (TPSA) is 39.7 Å². The van der Waals surface area contributed by atoms with Gasteiger partial charge in [-0.05, 0) is 26.3 Å². The van der Waals surface area contributed by atoms with Gasteiger partial charge in [0.05, 0.1) is 26.4 Å². The molecular weight excluding hydrogens is 218 g/mol. The quantitative estimate of drug-likeness (QED) is 0.533. The monoisotopic (exact) mass is 247 g/mol. The molecule has 0 aromatic heterocycles. The van der Waals surface area contributed by atoms with Gasteiger partial charge in [-0.3, -0.25) is 0 Å². The molecule has 0 amide bonds. The smallest absolute Gasteiger partial charge is 0.0701 e. The van der Waals surface area contributed by atoms with Gasteiger partial charge in [0.15, 0.2) is 0 Å². The lowest BCUT2D eigenvalue weighted by Gasteiger charge is -2.22. The number of ether oxygens (including phenoxy) is 3. The Morgan fingerprint density at radius 1 is 1.00 bits per heavy atom. The van der Waals surface area contributed by atoms with Gasteiger partial charge in [0.1, 0.15) is 0 Å². The first-order valence-corrected chi connectivity index (χ1v) is 6.57. The fourth-order valence-corrected chi connectivity index (χ4v) is 1.74. The maximum atomic E-state index is 5.55. The Morgan fingerprint density at radius 3 is 2.12 bits per heavy atom. The van der Waals surface area contributed by atoms with E-state index in [1.807, 2.05) is 7.05 Å². The SMILES string of the molecule is CCC(CCOCCOCCOC)C(C)NC. The minimum atomic E-state index is 0.557. The van der Waals surface area contributed by atoms with E-state index in [1.54, 1.807) is 7.11 Å². The van der Waals surface area contributed by atoms with E-state index in [-0.39, 0.29) is 0 Å². The van der Waals surface area contributed by atoms with Crippen LogP contribution < -0.4 is 5.32 Å². The van der Waals surface area contributed by atoms with Gasteiger partial charge in [-0.1, -0.05) is 13.3 Å². The van der Waals surface area contributed by atoms with Gasteiger partial charge >= 0.3 is 0 Å². The van der Waals surface area contributed by atoms with E-state index in [0.717, 1.165) is 13.0 Å². The fraction of sp³-hybridized carbons (Fsp3) is 1.00. The molecule has 104 valence electrons. The summed E-state index contributed by atoms with van der Waals surface area (Å²) in [4.78, 5) is 0. The van der Waals surface area contributed by atoms with Crippen molar-refractivity contribution >= 4 is 0 Å². The van der Waals surface area contributed by atoms with E-state index in [1.165, 1.54) is 6.42 Å². The summed E-state index contributed by atoms with van der Waals surface area (Å²) in [5, 5.41) is 3.30. The Labute approximate surface area is 106 Å². The van der Waals surface area contributed by atoms with Crippen LogP contribution in [0.5, 0.6) is 0 Å². The molecule has 0 aromatic carbocycles. The zero-order valence-corrected chi connectivity index (χ0v) is 11.8. The van der Waals surface area contributed by atoms with Crippen LogP contribution in [-0.2, 0) is 14.2 Å². The highest BCUT2D eigenvalue weighted by atomic mass is 16.5. The van der Waals surface area contributed by atoms with Crippen molar-refractivity contribution in [1.82, 2.24) is 5.32 Å². The summed E-state index contributed by atoms with van der Waals surface area (Å²) in [6.45, 7) is 7.90. The number of hydrogen-bond donors (Lipinski definition) is 1. The van der Waals surface area contributed by atoms with Crippen molar-refractivity contribution in [3.63, 3.8) is 0 Å². The first-order valence-electron chi connectivity index (χ1n) is 6.57. The van der Waals surface area contributed by atoms with Crippen LogP contribution in [0.1, 0.15) is 26.7 Å². The summed E-state index contributed by atoms with van der Waals surface area (Å²) in [5.74, 6) is 0.689. The second kappa shape index (κ2) is 12.3. The Balaban J connectivity index is 3.31. The molecule has 1 N–H and O–H groups in total. The van der Waals surface area contributed by atoms with Crippen molar-refractivity contribution in [1.29, 1.82) is 0 Å². The molecule has 4 heteroatoms. The maximum absolute atomic E-state index is 5.55. The molecule has 0 aromatic rings. The van der Waals surface area contributed by atoms with Crippen molar-refractivity contribution in [3.05, 3.63) is 0 Å². The molecule has 0 bridgehead atoms. The zero-order valence-electron chi connectivity index (χ0n) is 11.8. The highest BCUT2D eigenvalue weighted by Gasteiger charge is 2.12. The normalized spacial score (nSPS) is 14.8. The van der Waals surface area contributed by atoms with Gasteiger partial charge < -0.3 is 19.5 Å². The second-order valence-electron chi connectivity index (χ2n) is 4.25. The lowest BCUT2D eigenvalue weighted by Crippen LogP contribution is -2.31. The first kappa shape index (κ1) is 16.8. The summed E-state index contributed by atoms with van der Waals surface area (Å²) < 4.78 is 15.7. The van der Waals surface area contributed by atoms with Crippen LogP contribution in [-0.4, -0.2) is 53.2 Å². The van der Waals surface area contributed by atoms with Gasteiger partial charge in [0.25, 0.3) is 0 Å². The standard InChI is InChI=1S/C13H29NO3/c1-5-13(12(2)14-3)6-7-16-10-11-17-9-8-15-4/h12-14H,5-11H2,1-4H3. The van der Waals surface area contributed by atoms with Crippen molar-refractivity contribution < 1.29 is 14.2 Å². The van der Waals surface area contributed by atoms with E-state index in [9.17, 15) is 0 Å². The number of hydrogen-bond acceptors (Lipinski definition) is 4. The van der Waals surface area contributed by atoms with Crippen molar-refractivity contribution in [2.45, 2.75) is 32.7 Å². The lowest BCUT2D eigenvalue weighted by atomic mass is 9.95. The molecular formula is C13H29NO3. The van der Waals surface area contributed by atoms with Crippen molar-refractivity contribution in [3.8, 4) is 0 Å². The Bertz CT molecular complexity index is 156. The van der Waals surface area contributed by atoms with E-state index in [4.69, 9.17) is 14.2 Å². The van der Waals surface area contributed by atoms with E-state index >= 15 is 0 Å². The van der Waals surface area contributed by atoms with Gasteiger partial charge in [-0.25, -0.2) is 0 Å². The van der Waals surface area contributed by atoms with E-state index in [0.29, 0.717) is 38.4 Å². The molecule has 0 aliphatic carbocycles. The van der Waals surface area contributed by atoms with Crippen molar-refractivity contribution in [2.24, 2.45) is 5.92 Å². The largest absolute Gasteiger partial charge is 0.382 e. The summed E-state index contributed by atoms with van der Waals surface area (Å²) in [5.41, 5.74) is 0. The van der Waals surface area contributed by atoms with E-state index in [2.05, 4.69) is 19.2 Å². The molecule has 4 nitrogen and oxygen atoms in total. The van der Waals surface area contributed by atoms with Gasteiger partial charge in [-0.15, -0.1) is 0 Å². The van der Waals surface area contributed by atoms with Gasteiger partial charge in [0, 0.05) is 19.8 Å². The predicted octanol–water partition coefficient (Wildman–Crippen LogP) is 1.69. The van der Waals surface area contributed by atoms with Crippen LogP contribution >= 0.6 is 0 Å². The molecule has 17 heavy (non-hydrogen) atoms. The molecule has 0 spiro atoms. The molecule has 0 aliphatic heterocycles. The molecule has 2 atom stereocenters. The van der Waals surface area contributed by atoms with Crippen LogP contribution in [0.25, 0.3) is 0 Å². The van der Waals surface area contributed by atoms with Crippen LogP contribution in [0.3, 0.4) is 0 Å². The van der Waals surface area contributed by atoms with Crippen LogP contribution in [0.4, 0.5) is 0 Å². The second-order valence-corrected chi connectivity index (χ2v) is 4.25. The fourth-order valence-electron chi connectivity index (χ4n) is 1.74. The van der Waals surface area contributed by atoms with Crippen LogP contribution in [0.2, 0.25) is 0 Å². The molecule has 0 rings (SSSR count). The number of methoxy groups -OCH3 is 1. The maximum Gasteiger partial charge on any atom is 0.0701 e. The Morgan fingerprint density at radius 2 is 1.59 bits per heavy atom. The molecule has 0 fully saturated rings. The third kappa shape index (κ3) is 9.53. The molecule has 0 heterocycles. The average Bonchev–Trinajstić information content (AvgIpc) is 2.36. The summed E-state index contributed by atoms with van der Waals surface area (Å²) in [7, 11) is 3.69. The Hall–Kier alpha value is -0.160. The minimum absolute atomic E-state index is 0.557. The third-order valence-electron chi connectivity index (χ3n) is 3.12. The van der Waals surface area contributed by atoms with Gasteiger partial charge in [-0.2, -0.15) is 0 Å². The average molecular weight is 247 g/mol. The van der Waals surface area contributed by atoms with E-state index < -0.39 is 0 Å². The predicted molar refractivity (Wildman–Crippen MR) is 70.4 cm³/mol. The highest BCUT2D eigenvalue weighted by Crippen LogP contribution is 2.12. The molecule has 0 radical (unpaired) electrons. The highest BCUT2D eigenvalue weighted by molar-refractivity contribution is 4.68. The summed E-state index contributed by atoms with van der Waals surface area (Å²) in [6.07, 6.45) is 2.30. The van der Waals surface area contributed by atoms with Gasteiger partial charge in [0.2, 0.25) is 0 Å². The number of rotatable bonds is 12. The minimum Gasteiger partial charge on any atom is -0.382 e. The van der Waals surface area contributed by atoms with Crippen LogP contribution in [0.15, 0.2) is 0 Å². The van der Waals surface area contributed by atoms with Crippen molar-refractivity contribution in [2.75, 3.05) is 47.2 Å². The molecule has 0 saturated heterocycles.